The third kappa shape index (κ3) is 2.21. The molecule has 0 saturated heterocycles. The molecule has 1 saturated carbocycles. The SMILES string of the molecule is COC1CC(Nc2ncnc(N)c2Br)C1. The first-order valence-electron chi connectivity index (χ1n) is 4.76. The van der Waals surface area contributed by atoms with Crippen molar-refractivity contribution in [3.63, 3.8) is 0 Å². The molecule has 3 N–H and O–H groups in total. The first kappa shape index (κ1) is 10.6. The van der Waals surface area contributed by atoms with Crippen molar-refractivity contribution >= 4 is 27.6 Å². The zero-order valence-corrected chi connectivity index (χ0v) is 9.99. The van der Waals surface area contributed by atoms with Gasteiger partial charge < -0.3 is 15.8 Å². The van der Waals surface area contributed by atoms with Crippen LogP contribution in [0.5, 0.6) is 0 Å². The number of nitrogen functional groups attached to an aromatic ring is 1. The van der Waals surface area contributed by atoms with E-state index >= 15 is 0 Å². The van der Waals surface area contributed by atoms with E-state index in [9.17, 15) is 0 Å². The van der Waals surface area contributed by atoms with Gasteiger partial charge in [0.15, 0.2) is 0 Å². The van der Waals surface area contributed by atoms with Crippen molar-refractivity contribution in [1.29, 1.82) is 0 Å². The molecule has 0 bridgehead atoms. The molecule has 1 aliphatic rings. The number of anilines is 2. The average molecular weight is 273 g/mol. The monoisotopic (exact) mass is 272 g/mol. The largest absolute Gasteiger partial charge is 0.383 e. The average Bonchev–Trinajstić information content (AvgIpc) is 2.17. The number of rotatable bonds is 3. The van der Waals surface area contributed by atoms with Crippen LogP contribution in [-0.2, 0) is 4.74 Å². The molecule has 2 rings (SSSR count). The molecule has 5 nitrogen and oxygen atoms in total. The second-order valence-corrected chi connectivity index (χ2v) is 4.38. The van der Waals surface area contributed by atoms with E-state index in [1.807, 2.05) is 0 Å². The number of nitrogens with two attached hydrogens (primary N) is 1. The molecular weight excluding hydrogens is 260 g/mol. The van der Waals surface area contributed by atoms with Crippen molar-refractivity contribution in [2.75, 3.05) is 18.2 Å². The highest BCUT2D eigenvalue weighted by molar-refractivity contribution is 9.10. The van der Waals surface area contributed by atoms with Gasteiger partial charge in [-0.05, 0) is 28.8 Å². The molecule has 0 spiro atoms. The molecule has 0 amide bonds. The van der Waals surface area contributed by atoms with E-state index in [0.29, 0.717) is 18.0 Å². The fourth-order valence-electron chi connectivity index (χ4n) is 1.55. The molecule has 0 atom stereocenters. The van der Waals surface area contributed by atoms with Gasteiger partial charge in [0, 0.05) is 13.2 Å². The summed E-state index contributed by atoms with van der Waals surface area (Å²) in [6, 6.07) is 0.417. The molecule has 1 heterocycles. The third-order valence-corrected chi connectivity index (χ3v) is 3.37. The fourth-order valence-corrected chi connectivity index (χ4v) is 1.87. The Labute approximate surface area is 96.6 Å². The maximum absolute atomic E-state index is 5.65. The van der Waals surface area contributed by atoms with Gasteiger partial charge in [-0.25, -0.2) is 9.97 Å². The summed E-state index contributed by atoms with van der Waals surface area (Å²) < 4.78 is 5.93. The van der Waals surface area contributed by atoms with Gasteiger partial charge in [-0.3, -0.25) is 0 Å². The van der Waals surface area contributed by atoms with E-state index in [0.717, 1.165) is 23.1 Å². The van der Waals surface area contributed by atoms with Crippen LogP contribution in [0.25, 0.3) is 0 Å². The lowest BCUT2D eigenvalue weighted by atomic mass is 9.89. The first-order valence-corrected chi connectivity index (χ1v) is 5.55. The predicted octanol–water partition coefficient (Wildman–Crippen LogP) is 1.41. The number of halogens is 1. The topological polar surface area (TPSA) is 73.1 Å². The molecule has 0 radical (unpaired) electrons. The number of ether oxygens (including phenoxy) is 1. The van der Waals surface area contributed by atoms with Crippen LogP contribution in [0.1, 0.15) is 12.8 Å². The quantitative estimate of drug-likeness (QED) is 0.871. The maximum Gasteiger partial charge on any atom is 0.146 e. The number of aromatic nitrogens is 2. The predicted molar refractivity (Wildman–Crippen MR) is 61.6 cm³/mol. The highest BCUT2D eigenvalue weighted by atomic mass is 79.9. The highest BCUT2D eigenvalue weighted by Crippen LogP contribution is 2.30. The normalized spacial score (nSPS) is 24.7. The second-order valence-electron chi connectivity index (χ2n) is 3.59. The fraction of sp³-hybridized carbons (Fsp3) is 0.556. The molecule has 1 fully saturated rings. The molecule has 0 unspecified atom stereocenters. The smallest absolute Gasteiger partial charge is 0.146 e. The van der Waals surface area contributed by atoms with Crippen molar-refractivity contribution < 1.29 is 4.74 Å². The van der Waals surface area contributed by atoms with Crippen LogP contribution in [0.15, 0.2) is 10.8 Å². The zero-order chi connectivity index (χ0) is 10.8. The lowest BCUT2D eigenvalue weighted by Gasteiger charge is -2.35. The van der Waals surface area contributed by atoms with Crippen molar-refractivity contribution in [3.8, 4) is 0 Å². The minimum absolute atomic E-state index is 0.375. The van der Waals surface area contributed by atoms with Gasteiger partial charge in [0.25, 0.3) is 0 Å². The van der Waals surface area contributed by atoms with Crippen LogP contribution >= 0.6 is 15.9 Å². The van der Waals surface area contributed by atoms with Gasteiger partial charge in [0.05, 0.1) is 6.10 Å². The van der Waals surface area contributed by atoms with E-state index < -0.39 is 0 Å². The van der Waals surface area contributed by atoms with Crippen molar-refractivity contribution in [2.24, 2.45) is 0 Å². The summed E-state index contributed by atoms with van der Waals surface area (Å²) in [6.45, 7) is 0. The van der Waals surface area contributed by atoms with Crippen molar-refractivity contribution in [1.82, 2.24) is 9.97 Å². The molecule has 6 heteroatoms. The van der Waals surface area contributed by atoms with E-state index in [1.165, 1.54) is 6.33 Å². The van der Waals surface area contributed by atoms with Gasteiger partial charge in [-0.15, -0.1) is 0 Å². The standard InChI is InChI=1S/C9H13BrN4O/c1-15-6-2-5(3-6)14-9-7(10)8(11)12-4-13-9/h4-6H,2-3H2,1H3,(H3,11,12,13,14). The van der Waals surface area contributed by atoms with E-state index in [-0.39, 0.29) is 0 Å². The van der Waals surface area contributed by atoms with Crippen molar-refractivity contribution in [3.05, 3.63) is 10.8 Å². The van der Waals surface area contributed by atoms with E-state index in [4.69, 9.17) is 10.5 Å². The lowest BCUT2D eigenvalue weighted by molar-refractivity contribution is 0.0328. The summed E-state index contributed by atoms with van der Waals surface area (Å²) in [5.74, 6) is 1.21. The third-order valence-electron chi connectivity index (χ3n) is 2.59. The zero-order valence-electron chi connectivity index (χ0n) is 8.40. The molecule has 0 aromatic carbocycles. The van der Waals surface area contributed by atoms with Crippen LogP contribution in [0, 0.1) is 0 Å². The molecule has 0 aliphatic heterocycles. The van der Waals surface area contributed by atoms with Gasteiger partial charge in [0.1, 0.15) is 22.4 Å². The van der Waals surface area contributed by atoms with Crippen LogP contribution in [0.2, 0.25) is 0 Å². The first-order chi connectivity index (χ1) is 7.20. The Kier molecular flexibility index (Phi) is 3.06. The van der Waals surface area contributed by atoms with Crippen LogP contribution < -0.4 is 11.1 Å². The van der Waals surface area contributed by atoms with Gasteiger partial charge in [-0.2, -0.15) is 0 Å². The summed E-state index contributed by atoms with van der Waals surface area (Å²) >= 11 is 3.35. The van der Waals surface area contributed by atoms with Crippen molar-refractivity contribution in [2.45, 2.75) is 25.0 Å². The Hall–Kier alpha value is -0.880. The van der Waals surface area contributed by atoms with Gasteiger partial charge in [-0.1, -0.05) is 0 Å². The Morgan fingerprint density at radius 3 is 2.93 bits per heavy atom. The second kappa shape index (κ2) is 4.32. The summed E-state index contributed by atoms with van der Waals surface area (Å²) in [4.78, 5) is 8.00. The molecule has 1 aliphatic carbocycles. The summed E-state index contributed by atoms with van der Waals surface area (Å²) in [6.07, 6.45) is 3.84. The van der Waals surface area contributed by atoms with Gasteiger partial charge in [0.2, 0.25) is 0 Å². The molecule has 1 aromatic heterocycles. The Morgan fingerprint density at radius 1 is 1.53 bits per heavy atom. The minimum atomic E-state index is 0.375. The van der Waals surface area contributed by atoms with Crippen LogP contribution in [0.4, 0.5) is 11.6 Å². The summed E-state index contributed by atoms with van der Waals surface area (Å²) in [5.41, 5.74) is 5.65. The van der Waals surface area contributed by atoms with Crippen LogP contribution in [-0.4, -0.2) is 29.2 Å². The Morgan fingerprint density at radius 2 is 2.27 bits per heavy atom. The molecule has 15 heavy (non-hydrogen) atoms. The van der Waals surface area contributed by atoms with Crippen LogP contribution in [0.3, 0.4) is 0 Å². The number of nitrogens with one attached hydrogen (secondary N) is 1. The maximum atomic E-state index is 5.65. The lowest BCUT2D eigenvalue weighted by Crippen LogP contribution is -2.40. The number of methoxy groups -OCH3 is 1. The highest BCUT2D eigenvalue weighted by Gasteiger charge is 2.29. The van der Waals surface area contributed by atoms with Gasteiger partial charge >= 0.3 is 0 Å². The minimum Gasteiger partial charge on any atom is -0.383 e. The number of hydrogen-bond acceptors (Lipinski definition) is 5. The van der Waals surface area contributed by atoms with E-state index in [2.05, 4.69) is 31.2 Å². The number of nitrogens with zero attached hydrogens (tertiary/aromatic N) is 2. The number of hydrogen-bond donors (Lipinski definition) is 2. The Balaban J connectivity index is 1.97. The summed E-state index contributed by atoms with van der Waals surface area (Å²) in [7, 11) is 1.74. The molecule has 82 valence electrons. The molecule has 1 aromatic rings. The molecular formula is C9H13BrN4O. The summed E-state index contributed by atoms with van der Waals surface area (Å²) in [5, 5.41) is 3.29. The van der Waals surface area contributed by atoms with E-state index in [1.54, 1.807) is 7.11 Å². The Bertz CT molecular complexity index is 354.